The molecule has 1 fully saturated rings. The van der Waals surface area contributed by atoms with Crippen LogP contribution in [0.1, 0.15) is 11.1 Å². The highest BCUT2D eigenvalue weighted by Crippen LogP contribution is 2.27. The molecule has 8 heteroatoms. The number of carbonyl (C=O) groups is 3. The summed E-state index contributed by atoms with van der Waals surface area (Å²) >= 11 is 3.33. The Bertz CT molecular complexity index is 927. The third-order valence-electron chi connectivity index (χ3n) is 3.77. The summed E-state index contributed by atoms with van der Waals surface area (Å²) in [6.45, 7) is -0.359. The van der Waals surface area contributed by atoms with Crippen LogP contribution in [0.25, 0.3) is 6.08 Å². The van der Waals surface area contributed by atoms with Crippen LogP contribution in [0.5, 0.6) is 5.75 Å². The van der Waals surface area contributed by atoms with Gasteiger partial charge >= 0.3 is 12.0 Å². The van der Waals surface area contributed by atoms with Crippen molar-refractivity contribution in [1.82, 2.24) is 10.2 Å². The van der Waals surface area contributed by atoms with Crippen LogP contribution in [0.15, 0.2) is 58.7 Å². The van der Waals surface area contributed by atoms with E-state index in [0.29, 0.717) is 5.56 Å². The predicted molar refractivity (Wildman–Crippen MR) is 101 cm³/mol. The first-order valence-electron chi connectivity index (χ1n) is 7.96. The average Bonchev–Trinajstić information content (AvgIpc) is 2.89. The van der Waals surface area contributed by atoms with Gasteiger partial charge in [0.1, 0.15) is 11.4 Å². The topological polar surface area (TPSA) is 95.9 Å². The monoisotopic (exact) mass is 430 g/mol. The highest BCUT2D eigenvalue weighted by Gasteiger charge is 2.33. The van der Waals surface area contributed by atoms with Crippen molar-refractivity contribution in [1.29, 1.82) is 0 Å². The quantitative estimate of drug-likeness (QED) is 0.542. The van der Waals surface area contributed by atoms with Gasteiger partial charge in [0.2, 0.25) is 0 Å². The Morgan fingerprint density at radius 2 is 1.93 bits per heavy atom. The Morgan fingerprint density at radius 3 is 2.63 bits per heavy atom. The second-order valence-corrected chi connectivity index (χ2v) is 6.65. The standard InChI is InChI=1S/C19H15BrN2O5/c20-14-6-7-16(27-11-17(23)24)13(8-14)9-15-18(25)22(19(26)21-15)10-12-4-2-1-3-5-12/h1-9H,10-11H2,(H,21,26)(H,23,24)/b15-9+. The minimum absolute atomic E-state index is 0.0919. The van der Waals surface area contributed by atoms with Gasteiger partial charge in [-0.25, -0.2) is 9.59 Å². The van der Waals surface area contributed by atoms with Crippen molar-refractivity contribution in [3.05, 3.63) is 69.8 Å². The summed E-state index contributed by atoms with van der Waals surface area (Å²) in [7, 11) is 0. The molecule has 0 aliphatic carbocycles. The lowest BCUT2D eigenvalue weighted by Crippen LogP contribution is -2.30. The number of urea groups is 1. The number of hydrogen-bond acceptors (Lipinski definition) is 4. The van der Waals surface area contributed by atoms with Gasteiger partial charge in [-0.15, -0.1) is 0 Å². The Morgan fingerprint density at radius 1 is 1.19 bits per heavy atom. The summed E-state index contributed by atoms with van der Waals surface area (Å²) < 4.78 is 5.96. The Hall–Kier alpha value is -3.13. The molecule has 0 atom stereocenters. The molecule has 2 aromatic carbocycles. The lowest BCUT2D eigenvalue weighted by Gasteiger charge is -2.11. The number of halogens is 1. The average molecular weight is 431 g/mol. The first-order valence-corrected chi connectivity index (χ1v) is 8.76. The van der Waals surface area contributed by atoms with Crippen molar-refractivity contribution in [2.45, 2.75) is 6.54 Å². The fourth-order valence-electron chi connectivity index (χ4n) is 2.54. The highest BCUT2D eigenvalue weighted by atomic mass is 79.9. The lowest BCUT2D eigenvalue weighted by molar-refractivity contribution is -0.139. The third kappa shape index (κ3) is 4.53. The van der Waals surface area contributed by atoms with E-state index in [0.717, 1.165) is 14.9 Å². The maximum absolute atomic E-state index is 12.6. The molecule has 2 N–H and O–H groups in total. The first-order chi connectivity index (χ1) is 12.9. The molecule has 1 aliphatic heterocycles. The van der Waals surface area contributed by atoms with Crippen molar-refractivity contribution in [3.63, 3.8) is 0 Å². The SMILES string of the molecule is O=C(O)COc1ccc(Br)cc1/C=C1/NC(=O)N(Cc2ccccc2)C1=O. The van der Waals surface area contributed by atoms with E-state index in [9.17, 15) is 14.4 Å². The maximum atomic E-state index is 12.6. The molecule has 0 spiro atoms. The van der Waals surface area contributed by atoms with Gasteiger partial charge in [-0.3, -0.25) is 9.69 Å². The molecule has 2 aromatic rings. The number of imide groups is 1. The van der Waals surface area contributed by atoms with E-state index >= 15 is 0 Å². The summed E-state index contributed by atoms with van der Waals surface area (Å²) in [6, 6.07) is 13.6. The molecule has 1 saturated heterocycles. The van der Waals surface area contributed by atoms with Gasteiger partial charge in [-0.05, 0) is 29.8 Å². The van der Waals surface area contributed by atoms with Crippen LogP contribution in [0, 0.1) is 0 Å². The minimum Gasteiger partial charge on any atom is -0.481 e. The Labute approximate surface area is 163 Å². The maximum Gasteiger partial charge on any atom is 0.341 e. The summed E-state index contributed by atoms with van der Waals surface area (Å²) in [6.07, 6.45) is 1.47. The van der Waals surface area contributed by atoms with Gasteiger partial charge in [0, 0.05) is 10.0 Å². The highest BCUT2D eigenvalue weighted by molar-refractivity contribution is 9.10. The number of benzene rings is 2. The molecule has 138 valence electrons. The number of carboxylic acids is 1. The van der Waals surface area contributed by atoms with E-state index in [1.807, 2.05) is 30.3 Å². The van der Waals surface area contributed by atoms with Crippen LogP contribution in [-0.4, -0.2) is 34.5 Å². The van der Waals surface area contributed by atoms with Crippen LogP contribution >= 0.6 is 15.9 Å². The van der Waals surface area contributed by atoms with Crippen LogP contribution in [0.3, 0.4) is 0 Å². The van der Waals surface area contributed by atoms with Gasteiger partial charge < -0.3 is 15.2 Å². The molecular formula is C19H15BrN2O5. The number of carbonyl (C=O) groups excluding carboxylic acids is 2. The lowest BCUT2D eigenvalue weighted by atomic mass is 10.1. The van der Waals surface area contributed by atoms with Crippen molar-refractivity contribution < 1.29 is 24.2 Å². The molecule has 0 unspecified atom stereocenters. The van der Waals surface area contributed by atoms with Crippen molar-refractivity contribution >= 4 is 39.9 Å². The van der Waals surface area contributed by atoms with Crippen LogP contribution < -0.4 is 10.1 Å². The summed E-state index contributed by atoms with van der Waals surface area (Å²) in [4.78, 5) is 36.7. The third-order valence-corrected chi connectivity index (χ3v) is 4.26. The number of nitrogens with zero attached hydrogens (tertiary/aromatic N) is 1. The fraction of sp³-hybridized carbons (Fsp3) is 0.105. The molecule has 1 heterocycles. The van der Waals surface area contributed by atoms with Crippen LogP contribution in [0.4, 0.5) is 4.79 Å². The van der Waals surface area contributed by atoms with Crippen LogP contribution in [0.2, 0.25) is 0 Å². The first kappa shape index (κ1) is 18.7. The van der Waals surface area contributed by atoms with Gasteiger partial charge in [-0.2, -0.15) is 0 Å². The molecule has 27 heavy (non-hydrogen) atoms. The van der Waals surface area contributed by atoms with Crippen molar-refractivity contribution in [3.8, 4) is 5.75 Å². The van der Waals surface area contributed by atoms with E-state index in [1.165, 1.54) is 6.08 Å². The summed E-state index contributed by atoms with van der Waals surface area (Å²) in [5.74, 6) is -1.29. The fourth-order valence-corrected chi connectivity index (χ4v) is 2.92. The van der Waals surface area contributed by atoms with E-state index in [2.05, 4.69) is 21.2 Å². The van der Waals surface area contributed by atoms with Crippen molar-refractivity contribution in [2.75, 3.05) is 6.61 Å². The number of hydrogen-bond donors (Lipinski definition) is 2. The zero-order valence-corrected chi connectivity index (χ0v) is 15.6. The zero-order chi connectivity index (χ0) is 19.4. The van der Waals surface area contributed by atoms with E-state index in [1.54, 1.807) is 18.2 Å². The molecule has 1 aliphatic rings. The normalized spacial score (nSPS) is 15.1. The number of rotatable bonds is 6. The molecule has 7 nitrogen and oxygen atoms in total. The van der Waals surface area contributed by atoms with Crippen LogP contribution in [-0.2, 0) is 16.1 Å². The largest absolute Gasteiger partial charge is 0.481 e. The second-order valence-electron chi connectivity index (χ2n) is 5.73. The van der Waals surface area contributed by atoms with E-state index in [4.69, 9.17) is 9.84 Å². The minimum atomic E-state index is -1.11. The van der Waals surface area contributed by atoms with Gasteiger partial charge in [0.25, 0.3) is 5.91 Å². The van der Waals surface area contributed by atoms with Gasteiger partial charge in [0.05, 0.1) is 6.54 Å². The summed E-state index contributed by atoms with van der Waals surface area (Å²) in [5.41, 5.74) is 1.39. The molecule has 0 bridgehead atoms. The number of ether oxygens (including phenoxy) is 1. The smallest absolute Gasteiger partial charge is 0.341 e. The van der Waals surface area contributed by atoms with Gasteiger partial charge in [0.15, 0.2) is 6.61 Å². The molecular weight excluding hydrogens is 416 g/mol. The Balaban J connectivity index is 1.85. The summed E-state index contributed by atoms with van der Waals surface area (Å²) in [5, 5.41) is 11.3. The zero-order valence-electron chi connectivity index (χ0n) is 14.0. The number of nitrogens with one attached hydrogen (secondary N) is 1. The van der Waals surface area contributed by atoms with E-state index < -0.39 is 24.5 Å². The molecule has 3 rings (SSSR count). The predicted octanol–water partition coefficient (Wildman–Crippen LogP) is 3.01. The number of aliphatic carboxylic acids is 1. The molecule has 0 aromatic heterocycles. The van der Waals surface area contributed by atoms with Gasteiger partial charge in [-0.1, -0.05) is 46.3 Å². The second kappa shape index (κ2) is 8.05. The van der Waals surface area contributed by atoms with Crippen molar-refractivity contribution in [2.24, 2.45) is 0 Å². The van der Waals surface area contributed by atoms with E-state index in [-0.39, 0.29) is 18.0 Å². The number of amides is 3. The molecule has 3 amide bonds. The Kier molecular flexibility index (Phi) is 5.56. The molecule has 0 saturated carbocycles. The number of carboxylic acid groups (broad SMARTS) is 1. The molecule has 0 radical (unpaired) electrons.